The Labute approximate surface area is 127 Å². The molecule has 1 aliphatic rings. The van der Waals surface area contributed by atoms with E-state index in [4.69, 9.17) is 0 Å². The van der Waals surface area contributed by atoms with Crippen molar-refractivity contribution in [2.75, 3.05) is 30.9 Å². The number of nitrogens with zero attached hydrogens (tertiary/aromatic N) is 3. The number of pyridine rings is 1. The predicted molar refractivity (Wildman–Crippen MR) is 77.0 cm³/mol. The van der Waals surface area contributed by atoms with E-state index in [9.17, 15) is 22.9 Å². The second-order valence-corrected chi connectivity index (χ2v) is 6.88. The molecular formula is C12H16FN3O5S. The first-order valence-electron chi connectivity index (χ1n) is 6.57. The summed E-state index contributed by atoms with van der Waals surface area (Å²) in [5.41, 5.74) is -1.80. The van der Waals surface area contributed by atoms with Gasteiger partial charge < -0.3 is 4.90 Å². The summed E-state index contributed by atoms with van der Waals surface area (Å²) >= 11 is 0. The fourth-order valence-electron chi connectivity index (χ4n) is 2.17. The maximum Gasteiger partial charge on any atom is 0.287 e. The van der Waals surface area contributed by atoms with E-state index in [0.717, 1.165) is 12.5 Å². The molecule has 2 rings (SSSR count). The summed E-state index contributed by atoms with van der Waals surface area (Å²) in [6.45, 7) is 0.163. The van der Waals surface area contributed by atoms with E-state index in [-0.39, 0.29) is 18.5 Å². The van der Waals surface area contributed by atoms with Crippen LogP contribution in [-0.2, 0) is 14.3 Å². The summed E-state index contributed by atoms with van der Waals surface area (Å²) in [7, 11) is -3.67. The van der Waals surface area contributed by atoms with Crippen molar-refractivity contribution in [1.29, 1.82) is 0 Å². The molecule has 0 aromatic carbocycles. The van der Waals surface area contributed by atoms with E-state index in [2.05, 4.69) is 9.17 Å². The number of hydrogen-bond acceptors (Lipinski definition) is 7. The number of rotatable bonds is 5. The first-order chi connectivity index (χ1) is 10.2. The van der Waals surface area contributed by atoms with Gasteiger partial charge >= 0.3 is 0 Å². The Morgan fingerprint density at radius 3 is 2.55 bits per heavy atom. The molecule has 22 heavy (non-hydrogen) atoms. The zero-order valence-corrected chi connectivity index (χ0v) is 12.8. The molecule has 0 aliphatic carbocycles. The lowest BCUT2D eigenvalue weighted by atomic mass is 9.94. The average Bonchev–Trinajstić information content (AvgIpc) is 2.46. The van der Waals surface area contributed by atoms with Crippen LogP contribution in [0, 0.1) is 10.1 Å². The highest BCUT2D eigenvalue weighted by Crippen LogP contribution is 2.29. The molecule has 8 nitrogen and oxygen atoms in total. The highest BCUT2D eigenvalue weighted by atomic mass is 32.2. The number of anilines is 1. The largest absolute Gasteiger partial charge is 0.356 e. The van der Waals surface area contributed by atoms with Crippen molar-refractivity contribution in [3.8, 4) is 0 Å². The summed E-state index contributed by atoms with van der Waals surface area (Å²) in [5.74, 6) is 0.525. The van der Waals surface area contributed by atoms with Crippen LogP contribution in [0.2, 0.25) is 0 Å². The highest BCUT2D eigenvalue weighted by Gasteiger charge is 2.36. The Morgan fingerprint density at radius 1 is 1.45 bits per heavy atom. The molecule has 0 amide bonds. The molecule has 0 atom stereocenters. The van der Waals surface area contributed by atoms with E-state index in [1.165, 1.54) is 12.1 Å². The molecule has 1 aliphatic heterocycles. The summed E-state index contributed by atoms with van der Waals surface area (Å²) in [6, 6.07) is 2.85. The van der Waals surface area contributed by atoms with Gasteiger partial charge in [0.2, 0.25) is 0 Å². The van der Waals surface area contributed by atoms with Crippen LogP contribution in [0.1, 0.15) is 12.8 Å². The van der Waals surface area contributed by atoms with Gasteiger partial charge in [0.25, 0.3) is 15.8 Å². The third-order valence-electron chi connectivity index (χ3n) is 3.46. The van der Waals surface area contributed by atoms with Gasteiger partial charge in [-0.15, -0.1) is 0 Å². The molecule has 1 fully saturated rings. The molecule has 122 valence electrons. The summed E-state index contributed by atoms with van der Waals surface area (Å²) < 4.78 is 40.8. The van der Waals surface area contributed by atoms with Crippen molar-refractivity contribution in [3.63, 3.8) is 0 Å². The van der Waals surface area contributed by atoms with Gasteiger partial charge in [0.15, 0.2) is 0 Å². The molecule has 0 unspecified atom stereocenters. The van der Waals surface area contributed by atoms with E-state index >= 15 is 0 Å². The van der Waals surface area contributed by atoms with Gasteiger partial charge in [-0.2, -0.15) is 8.42 Å². The zero-order valence-electron chi connectivity index (χ0n) is 11.9. The second kappa shape index (κ2) is 6.13. The van der Waals surface area contributed by atoms with Gasteiger partial charge in [0.05, 0.1) is 11.2 Å². The zero-order chi connectivity index (χ0) is 16.4. The molecule has 0 spiro atoms. The molecule has 10 heteroatoms. The minimum absolute atomic E-state index is 0.0984. The summed E-state index contributed by atoms with van der Waals surface area (Å²) in [6.07, 6.45) is 2.23. The van der Waals surface area contributed by atoms with Gasteiger partial charge in [0, 0.05) is 32.0 Å². The van der Waals surface area contributed by atoms with Crippen molar-refractivity contribution in [3.05, 3.63) is 28.4 Å². The molecule has 2 heterocycles. The van der Waals surface area contributed by atoms with E-state index < -0.39 is 27.3 Å². The van der Waals surface area contributed by atoms with Crippen molar-refractivity contribution in [2.45, 2.75) is 18.5 Å². The van der Waals surface area contributed by atoms with Gasteiger partial charge in [-0.3, -0.25) is 14.3 Å². The lowest BCUT2D eigenvalue weighted by Gasteiger charge is -2.36. The van der Waals surface area contributed by atoms with E-state index in [1.807, 2.05) is 0 Å². The number of nitro groups is 1. The van der Waals surface area contributed by atoms with Gasteiger partial charge in [-0.25, -0.2) is 9.37 Å². The first kappa shape index (κ1) is 16.6. The van der Waals surface area contributed by atoms with Crippen LogP contribution in [-0.4, -0.2) is 49.9 Å². The highest BCUT2D eigenvalue weighted by molar-refractivity contribution is 7.85. The molecule has 1 aromatic rings. The predicted octanol–water partition coefficient (Wildman–Crippen LogP) is 1.27. The molecule has 1 saturated heterocycles. The fraction of sp³-hybridized carbons (Fsp3) is 0.583. The Morgan fingerprint density at radius 2 is 2.09 bits per heavy atom. The van der Waals surface area contributed by atoms with Crippen molar-refractivity contribution in [2.24, 2.45) is 0 Å². The summed E-state index contributed by atoms with van der Waals surface area (Å²) in [5, 5.41) is 10.6. The monoisotopic (exact) mass is 333 g/mol. The Balaban J connectivity index is 1.95. The van der Waals surface area contributed by atoms with Crippen molar-refractivity contribution >= 4 is 21.6 Å². The minimum Gasteiger partial charge on any atom is -0.356 e. The molecular weight excluding hydrogens is 317 g/mol. The molecule has 0 bridgehead atoms. The normalized spacial score (nSPS) is 18.2. The lowest BCUT2D eigenvalue weighted by molar-refractivity contribution is -0.385. The maximum atomic E-state index is 14.4. The second-order valence-electron chi connectivity index (χ2n) is 5.24. The third kappa shape index (κ3) is 4.34. The minimum atomic E-state index is -3.67. The van der Waals surface area contributed by atoms with Crippen LogP contribution in [0.5, 0.6) is 0 Å². The number of halogens is 1. The number of hydrogen-bond donors (Lipinski definition) is 0. The van der Waals surface area contributed by atoms with Gasteiger partial charge in [0.1, 0.15) is 24.3 Å². The van der Waals surface area contributed by atoms with Crippen LogP contribution in [0.15, 0.2) is 18.3 Å². The van der Waals surface area contributed by atoms with Crippen LogP contribution in [0.4, 0.5) is 15.9 Å². The van der Waals surface area contributed by atoms with E-state index in [1.54, 1.807) is 4.90 Å². The Hall–Kier alpha value is -1.81. The quantitative estimate of drug-likeness (QED) is 0.454. The van der Waals surface area contributed by atoms with Crippen LogP contribution in [0.25, 0.3) is 0 Å². The standard InChI is InChI=1S/C12H16FN3O5S/c1-22(19,20)21-9-12(13)4-6-15(7-5-12)11-3-2-10(8-14-11)16(17)18/h2-3,8H,4-7,9H2,1H3. The molecule has 0 saturated carbocycles. The number of piperidine rings is 1. The number of aromatic nitrogens is 1. The van der Waals surface area contributed by atoms with Crippen molar-refractivity contribution in [1.82, 2.24) is 4.98 Å². The Bertz CT molecular complexity index is 641. The SMILES string of the molecule is CS(=O)(=O)OCC1(F)CCN(c2ccc([N+](=O)[O-])cn2)CC1. The molecule has 1 aromatic heterocycles. The van der Waals surface area contributed by atoms with Gasteiger partial charge in [-0.1, -0.05) is 0 Å². The average molecular weight is 333 g/mol. The van der Waals surface area contributed by atoms with Crippen LogP contribution < -0.4 is 4.90 Å². The maximum absolute atomic E-state index is 14.4. The molecule has 0 radical (unpaired) electrons. The topological polar surface area (TPSA) is 103 Å². The third-order valence-corrected chi connectivity index (χ3v) is 4.00. The Kier molecular flexibility index (Phi) is 4.61. The van der Waals surface area contributed by atoms with Crippen LogP contribution in [0.3, 0.4) is 0 Å². The lowest BCUT2D eigenvalue weighted by Crippen LogP contribution is -2.45. The smallest absolute Gasteiger partial charge is 0.287 e. The van der Waals surface area contributed by atoms with Crippen LogP contribution >= 0.6 is 0 Å². The van der Waals surface area contributed by atoms with Crippen molar-refractivity contribution < 1.29 is 21.9 Å². The fourth-order valence-corrected chi connectivity index (χ4v) is 2.59. The van der Waals surface area contributed by atoms with E-state index in [0.29, 0.717) is 18.9 Å². The number of alkyl halides is 1. The molecule has 0 N–H and O–H groups in total. The summed E-state index contributed by atoms with van der Waals surface area (Å²) in [4.78, 5) is 15.8. The van der Waals surface area contributed by atoms with Gasteiger partial charge in [-0.05, 0) is 6.07 Å². The first-order valence-corrected chi connectivity index (χ1v) is 8.39.